The number of nitrogen functional groups attached to an aromatic ring is 1. The van der Waals surface area contributed by atoms with Gasteiger partial charge >= 0.3 is 5.97 Å². The number of carboxylic acid groups (broad SMARTS) is 1. The number of hydrogen-bond donors (Lipinski definition) is 2. The number of fused-ring (bicyclic) bond motifs is 1. The van der Waals surface area contributed by atoms with E-state index >= 15 is 0 Å². The molecule has 2 aromatic heterocycles. The molecule has 1 atom stereocenters. The third-order valence-electron chi connectivity index (χ3n) is 6.26. The van der Waals surface area contributed by atoms with Gasteiger partial charge in [0, 0.05) is 6.42 Å². The van der Waals surface area contributed by atoms with Crippen LogP contribution in [0.5, 0.6) is 5.75 Å². The van der Waals surface area contributed by atoms with Gasteiger partial charge in [-0.05, 0) is 42.5 Å². The van der Waals surface area contributed by atoms with E-state index in [0.717, 1.165) is 27.9 Å². The Morgan fingerprint density at radius 3 is 2.44 bits per heavy atom. The molecular weight excluding hydrogens is 458 g/mol. The molecule has 8 heteroatoms. The molecule has 0 aliphatic carbocycles. The lowest BCUT2D eigenvalue weighted by Gasteiger charge is -2.17. The standard InChI is InChI=1S/C28H27N3O5/c1-4-20-22(14-19-12-8-9-13-21(19)18-10-6-5-7-11-18)31-26(25(20)29)27(36-17(3)28(34)35)24(16(2)30-31)23(33)15-32/h5-13,15,17H,4,14,29H2,1-3H3,(H,34,35). The average molecular weight is 486 g/mol. The highest BCUT2D eigenvalue weighted by Gasteiger charge is 2.29. The van der Waals surface area contributed by atoms with Crippen molar-refractivity contribution in [3.8, 4) is 16.9 Å². The van der Waals surface area contributed by atoms with Gasteiger partial charge in [0.05, 0.1) is 22.6 Å². The van der Waals surface area contributed by atoms with Crippen LogP contribution in [-0.4, -0.2) is 38.9 Å². The largest absolute Gasteiger partial charge is 0.479 e. The van der Waals surface area contributed by atoms with Gasteiger partial charge in [-0.1, -0.05) is 61.5 Å². The molecule has 2 heterocycles. The van der Waals surface area contributed by atoms with Crippen molar-refractivity contribution in [2.45, 2.75) is 39.7 Å². The van der Waals surface area contributed by atoms with Crippen LogP contribution in [0, 0.1) is 6.92 Å². The highest BCUT2D eigenvalue weighted by Crippen LogP contribution is 2.38. The van der Waals surface area contributed by atoms with E-state index in [1.165, 1.54) is 6.92 Å². The molecule has 184 valence electrons. The van der Waals surface area contributed by atoms with Crippen LogP contribution in [0.25, 0.3) is 16.6 Å². The molecule has 0 radical (unpaired) electrons. The molecule has 0 saturated carbocycles. The van der Waals surface area contributed by atoms with E-state index in [9.17, 15) is 19.5 Å². The highest BCUT2D eigenvalue weighted by molar-refractivity contribution is 6.35. The van der Waals surface area contributed by atoms with Crippen molar-refractivity contribution in [3.63, 3.8) is 0 Å². The maximum Gasteiger partial charge on any atom is 0.344 e. The van der Waals surface area contributed by atoms with Crippen LogP contribution in [0.15, 0.2) is 54.6 Å². The van der Waals surface area contributed by atoms with Crippen LogP contribution in [0.2, 0.25) is 0 Å². The molecule has 3 N–H and O–H groups in total. The van der Waals surface area contributed by atoms with Gasteiger partial charge in [0.2, 0.25) is 5.78 Å². The van der Waals surface area contributed by atoms with Crippen molar-refractivity contribution in [3.05, 3.63) is 82.7 Å². The van der Waals surface area contributed by atoms with Crippen LogP contribution < -0.4 is 10.5 Å². The molecule has 4 aromatic rings. The van der Waals surface area contributed by atoms with E-state index in [4.69, 9.17) is 10.5 Å². The molecule has 2 aromatic carbocycles. The fraction of sp³-hybridized carbons (Fsp3) is 0.214. The predicted molar refractivity (Wildman–Crippen MR) is 137 cm³/mol. The molecule has 8 nitrogen and oxygen atoms in total. The van der Waals surface area contributed by atoms with Crippen molar-refractivity contribution >= 4 is 29.2 Å². The zero-order chi connectivity index (χ0) is 26.0. The Kier molecular flexibility index (Phi) is 6.87. The van der Waals surface area contributed by atoms with Gasteiger partial charge in [-0.25, -0.2) is 9.31 Å². The number of benzene rings is 2. The lowest BCUT2D eigenvalue weighted by atomic mass is 9.95. The maximum atomic E-state index is 12.5. The van der Waals surface area contributed by atoms with Gasteiger partial charge in [-0.15, -0.1) is 0 Å². The highest BCUT2D eigenvalue weighted by atomic mass is 16.5. The van der Waals surface area contributed by atoms with Gasteiger partial charge in [0.1, 0.15) is 5.52 Å². The number of Topliss-reactive ketones (excluding diaryl/α,β-unsaturated/α-hetero) is 1. The molecular formula is C28H27N3O5. The fourth-order valence-corrected chi connectivity index (χ4v) is 4.51. The quantitative estimate of drug-likeness (QED) is 0.206. The maximum absolute atomic E-state index is 12.5. The van der Waals surface area contributed by atoms with Crippen LogP contribution >= 0.6 is 0 Å². The number of aryl methyl sites for hydroxylation is 1. The number of anilines is 1. The summed E-state index contributed by atoms with van der Waals surface area (Å²) in [6.07, 6.45) is -0.0681. The van der Waals surface area contributed by atoms with Crippen molar-refractivity contribution < 1.29 is 24.2 Å². The summed E-state index contributed by atoms with van der Waals surface area (Å²) in [7, 11) is 0. The third kappa shape index (κ3) is 4.33. The molecule has 0 aliphatic heterocycles. The second-order valence-electron chi connectivity index (χ2n) is 8.52. The lowest BCUT2D eigenvalue weighted by molar-refractivity contribution is -0.144. The third-order valence-corrected chi connectivity index (χ3v) is 6.26. The molecule has 0 bridgehead atoms. The zero-order valence-corrected chi connectivity index (χ0v) is 20.3. The summed E-state index contributed by atoms with van der Waals surface area (Å²) >= 11 is 0. The Morgan fingerprint density at radius 1 is 1.14 bits per heavy atom. The number of carbonyl (C=O) groups is 3. The first-order chi connectivity index (χ1) is 17.3. The minimum absolute atomic E-state index is 0.0516. The first-order valence-corrected chi connectivity index (χ1v) is 11.6. The van der Waals surface area contributed by atoms with Crippen molar-refractivity contribution in [1.29, 1.82) is 0 Å². The zero-order valence-electron chi connectivity index (χ0n) is 20.3. The van der Waals surface area contributed by atoms with Gasteiger partial charge < -0.3 is 15.6 Å². The Morgan fingerprint density at radius 2 is 1.81 bits per heavy atom. The van der Waals surface area contributed by atoms with Crippen LogP contribution in [-0.2, 0) is 22.4 Å². The number of carboxylic acids is 1. The lowest BCUT2D eigenvalue weighted by Crippen LogP contribution is -2.25. The molecule has 0 fully saturated rings. The molecule has 0 saturated heterocycles. The summed E-state index contributed by atoms with van der Waals surface area (Å²) in [5.41, 5.74) is 12.1. The summed E-state index contributed by atoms with van der Waals surface area (Å²) in [5, 5.41) is 14.1. The molecule has 0 spiro atoms. The van der Waals surface area contributed by atoms with Gasteiger partial charge in [-0.3, -0.25) is 9.59 Å². The molecule has 0 amide bonds. The number of aldehydes is 1. The number of carbonyl (C=O) groups excluding carboxylic acids is 2. The second-order valence-corrected chi connectivity index (χ2v) is 8.52. The number of nitrogens with two attached hydrogens (primary N) is 1. The summed E-state index contributed by atoms with van der Waals surface area (Å²) in [6.45, 7) is 4.89. The predicted octanol–water partition coefficient (Wildman–Crippen LogP) is 4.28. The number of nitrogens with zero attached hydrogens (tertiary/aromatic N) is 2. The normalized spacial score (nSPS) is 11.9. The van der Waals surface area contributed by atoms with Crippen molar-refractivity contribution in [2.24, 2.45) is 0 Å². The summed E-state index contributed by atoms with van der Waals surface area (Å²) < 4.78 is 7.36. The van der Waals surface area contributed by atoms with Crippen LogP contribution in [0.4, 0.5) is 5.69 Å². The van der Waals surface area contributed by atoms with E-state index < -0.39 is 17.9 Å². The van der Waals surface area contributed by atoms with Crippen LogP contribution in [0.1, 0.15) is 46.7 Å². The Bertz CT molecular complexity index is 1470. The number of hydrogen-bond acceptors (Lipinski definition) is 6. The fourth-order valence-electron chi connectivity index (χ4n) is 4.51. The smallest absolute Gasteiger partial charge is 0.344 e. The number of ketones is 1. The average Bonchev–Trinajstić information content (AvgIpc) is 3.14. The first-order valence-electron chi connectivity index (χ1n) is 11.6. The summed E-state index contributed by atoms with van der Waals surface area (Å²) in [5.74, 6) is -2.13. The molecule has 36 heavy (non-hydrogen) atoms. The van der Waals surface area contributed by atoms with Crippen LogP contribution in [0.3, 0.4) is 0 Å². The monoisotopic (exact) mass is 485 g/mol. The molecule has 0 aliphatic rings. The van der Waals surface area contributed by atoms with Gasteiger partial charge in [0.15, 0.2) is 18.1 Å². The molecule has 4 rings (SSSR count). The van der Waals surface area contributed by atoms with Crippen molar-refractivity contribution in [2.75, 3.05) is 5.73 Å². The topological polar surface area (TPSA) is 124 Å². The van der Waals surface area contributed by atoms with Gasteiger partial charge in [0.25, 0.3) is 0 Å². The first kappa shape index (κ1) is 24.7. The van der Waals surface area contributed by atoms with E-state index in [1.54, 1.807) is 11.4 Å². The molecule has 1 unspecified atom stereocenters. The van der Waals surface area contributed by atoms with E-state index in [0.29, 0.717) is 18.5 Å². The second kappa shape index (κ2) is 10.0. The van der Waals surface area contributed by atoms with Crippen molar-refractivity contribution in [1.82, 2.24) is 9.61 Å². The van der Waals surface area contributed by atoms with Gasteiger partial charge in [-0.2, -0.15) is 5.10 Å². The number of rotatable bonds is 9. The minimum Gasteiger partial charge on any atom is -0.479 e. The number of aliphatic carboxylic acids is 1. The summed E-state index contributed by atoms with van der Waals surface area (Å²) in [4.78, 5) is 35.5. The number of aromatic nitrogens is 2. The Hall–Kier alpha value is -4.46. The Labute approximate surface area is 208 Å². The van der Waals surface area contributed by atoms with E-state index in [2.05, 4.69) is 11.2 Å². The SMILES string of the molecule is CCc1c(N)c2c(OC(C)C(=O)O)c(C(=O)C=O)c(C)nn2c1Cc1ccccc1-c1ccccc1. The Balaban J connectivity index is 1.98. The van der Waals surface area contributed by atoms with E-state index in [-0.39, 0.29) is 28.8 Å². The number of ether oxygens (including phenoxy) is 1. The summed E-state index contributed by atoms with van der Waals surface area (Å²) in [6, 6.07) is 18.1. The minimum atomic E-state index is -1.28. The van der Waals surface area contributed by atoms with E-state index in [1.807, 2.05) is 55.5 Å².